The third kappa shape index (κ3) is 6.02. The van der Waals surface area contributed by atoms with E-state index < -0.39 is 23.0 Å². The van der Waals surface area contributed by atoms with Crippen molar-refractivity contribution >= 4 is 23.0 Å². The number of aromatic nitrogens is 3. The van der Waals surface area contributed by atoms with Crippen molar-refractivity contribution in [1.82, 2.24) is 19.2 Å². The quantitative estimate of drug-likeness (QED) is 0.302. The monoisotopic (exact) mass is 586 g/mol. The highest BCUT2D eigenvalue weighted by Gasteiger charge is 2.58. The Balaban J connectivity index is 1.49. The molecule has 0 radical (unpaired) electrons. The molecule has 1 saturated carbocycles. The molecule has 228 valence electrons. The van der Waals surface area contributed by atoms with Crippen molar-refractivity contribution in [3.05, 3.63) is 47.4 Å². The fourth-order valence-corrected chi connectivity index (χ4v) is 6.61. The van der Waals surface area contributed by atoms with E-state index in [1.807, 2.05) is 46.0 Å². The van der Waals surface area contributed by atoms with Crippen LogP contribution in [0.2, 0.25) is 0 Å². The summed E-state index contributed by atoms with van der Waals surface area (Å²) in [4.78, 5) is 27.4. The third-order valence-corrected chi connectivity index (χ3v) is 8.30. The molecule has 3 aromatic rings. The van der Waals surface area contributed by atoms with E-state index in [0.717, 1.165) is 27.6 Å². The first-order valence-electron chi connectivity index (χ1n) is 14.4. The molecule has 2 aliphatic rings. The fourth-order valence-electron chi connectivity index (χ4n) is 6.61. The number of benzene rings is 1. The Kier molecular flexibility index (Phi) is 7.85. The van der Waals surface area contributed by atoms with Crippen LogP contribution in [0.4, 0.5) is 13.6 Å². The van der Waals surface area contributed by atoms with Crippen LogP contribution in [-0.4, -0.2) is 63.1 Å². The van der Waals surface area contributed by atoms with E-state index >= 15 is 0 Å². The molecule has 0 amide bonds. The number of nitrogens with zero attached hydrogens (tertiary/aromatic N) is 4. The minimum Gasteiger partial charge on any atom is -0.496 e. The van der Waals surface area contributed by atoms with Gasteiger partial charge in [0, 0.05) is 54.3 Å². The lowest BCUT2D eigenvalue weighted by atomic mass is 9.59. The number of fused-ring (bicyclic) bond motifs is 1. The average Bonchev–Trinajstić information content (AvgIpc) is 3.52. The molecule has 0 bridgehead atoms. The van der Waals surface area contributed by atoms with Gasteiger partial charge in [0.2, 0.25) is 5.92 Å². The van der Waals surface area contributed by atoms with E-state index in [1.54, 1.807) is 26.4 Å². The number of methoxy groups -OCH3 is 1. The first kappa shape index (κ1) is 30.0. The lowest BCUT2D eigenvalue weighted by Gasteiger charge is -2.54. The number of piperidine rings is 1. The second kappa shape index (κ2) is 11.0. The van der Waals surface area contributed by atoms with E-state index in [-0.39, 0.29) is 38.0 Å². The number of carbonyl (C=O) groups excluding carboxylic acids is 2. The van der Waals surface area contributed by atoms with Crippen LogP contribution >= 0.6 is 0 Å². The standard InChI is InChI=1S/C31H40F2N4O5/c1-7-41-26(38)17-36-15-21(14-34-36)24-13-30(18-31(32,33)19-30)9-11-35(24)16-23-22-8-10-37(28(39)42-29(3,4)5)27(22)20(2)12-25(23)40-6/h8,10,12,14-15,24H,7,9,11,13,16-19H2,1-6H3/t24-/m1/s1. The minimum atomic E-state index is -2.63. The van der Waals surface area contributed by atoms with Gasteiger partial charge >= 0.3 is 12.1 Å². The number of aryl methyl sites for hydroxylation is 1. The van der Waals surface area contributed by atoms with Gasteiger partial charge in [-0.05, 0) is 77.1 Å². The van der Waals surface area contributed by atoms with Crippen LogP contribution in [0.1, 0.15) is 76.1 Å². The number of alkyl halides is 2. The SMILES string of the molecule is CCOC(=O)Cn1cc([C@H]2CC3(CCN2Cc2c(OC)cc(C)c4c2ccn4C(=O)OC(C)(C)C)CC(F)(F)C3)cn1. The van der Waals surface area contributed by atoms with Crippen molar-refractivity contribution in [2.45, 2.75) is 91.0 Å². The van der Waals surface area contributed by atoms with Gasteiger partial charge in [0.05, 0.1) is 25.4 Å². The van der Waals surface area contributed by atoms with Crippen LogP contribution in [0.15, 0.2) is 30.7 Å². The number of likely N-dealkylation sites (tertiary alicyclic amines) is 1. The molecule has 5 rings (SSSR count). The smallest absolute Gasteiger partial charge is 0.419 e. The lowest BCUT2D eigenvalue weighted by Crippen LogP contribution is -2.53. The molecule has 1 aliphatic heterocycles. The maximum absolute atomic E-state index is 14.1. The predicted octanol–water partition coefficient (Wildman–Crippen LogP) is 6.25. The van der Waals surface area contributed by atoms with E-state index in [9.17, 15) is 18.4 Å². The third-order valence-electron chi connectivity index (χ3n) is 8.30. The lowest BCUT2D eigenvalue weighted by molar-refractivity contribution is -0.186. The maximum atomic E-state index is 14.1. The Hall–Kier alpha value is -3.47. The zero-order chi connectivity index (χ0) is 30.4. The second-order valence-corrected chi connectivity index (χ2v) is 12.7. The van der Waals surface area contributed by atoms with Gasteiger partial charge in [0.15, 0.2) is 0 Å². The van der Waals surface area contributed by atoms with Crippen molar-refractivity contribution in [2.24, 2.45) is 5.41 Å². The molecule has 3 heterocycles. The summed E-state index contributed by atoms with van der Waals surface area (Å²) in [6, 6.07) is 3.62. The average molecular weight is 587 g/mol. The Morgan fingerprint density at radius 1 is 1.21 bits per heavy atom. The Morgan fingerprint density at radius 3 is 2.60 bits per heavy atom. The highest BCUT2D eigenvalue weighted by molar-refractivity contribution is 5.95. The van der Waals surface area contributed by atoms with Gasteiger partial charge < -0.3 is 14.2 Å². The molecule has 1 aromatic carbocycles. The normalized spacial score (nSPS) is 20.0. The summed E-state index contributed by atoms with van der Waals surface area (Å²) in [7, 11) is 1.62. The minimum absolute atomic E-state index is 0.0195. The van der Waals surface area contributed by atoms with Crippen molar-refractivity contribution < 1.29 is 32.6 Å². The molecule has 42 heavy (non-hydrogen) atoms. The molecule has 1 saturated heterocycles. The van der Waals surface area contributed by atoms with Crippen LogP contribution < -0.4 is 4.74 Å². The van der Waals surface area contributed by atoms with Crippen molar-refractivity contribution in [2.75, 3.05) is 20.3 Å². The number of rotatable bonds is 7. The van der Waals surface area contributed by atoms with Gasteiger partial charge in [-0.15, -0.1) is 0 Å². The number of ether oxygens (including phenoxy) is 3. The molecular formula is C31H40F2N4O5. The first-order chi connectivity index (χ1) is 19.7. The Morgan fingerprint density at radius 2 is 1.95 bits per heavy atom. The van der Waals surface area contributed by atoms with E-state index in [0.29, 0.717) is 31.7 Å². The fraction of sp³-hybridized carbons (Fsp3) is 0.581. The van der Waals surface area contributed by atoms with Gasteiger partial charge in [0.25, 0.3) is 0 Å². The summed E-state index contributed by atoms with van der Waals surface area (Å²) in [5, 5.41) is 5.25. The number of hydrogen-bond acceptors (Lipinski definition) is 7. The number of esters is 1. The van der Waals surface area contributed by atoms with Crippen LogP contribution in [0.25, 0.3) is 10.9 Å². The molecular weight excluding hydrogens is 546 g/mol. The summed E-state index contributed by atoms with van der Waals surface area (Å²) in [5.41, 5.74) is 2.30. The van der Waals surface area contributed by atoms with Crippen molar-refractivity contribution in [3.8, 4) is 5.75 Å². The summed E-state index contributed by atoms with van der Waals surface area (Å²) in [5.74, 6) is -2.32. The van der Waals surface area contributed by atoms with Crippen LogP contribution in [0.3, 0.4) is 0 Å². The molecule has 1 spiro atoms. The number of hydrogen-bond donors (Lipinski definition) is 0. The molecule has 2 fully saturated rings. The van der Waals surface area contributed by atoms with Gasteiger partial charge in [0.1, 0.15) is 17.9 Å². The molecule has 0 N–H and O–H groups in total. The molecule has 11 heteroatoms. The summed E-state index contributed by atoms with van der Waals surface area (Å²) in [6.45, 7) is 10.5. The van der Waals surface area contributed by atoms with E-state index in [4.69, 9.17) is 14.2 Å². The Bertz CT molecular complexity index is 1480. The van der Waals surface area contributed by atoms with E-state index in [1.165, 1.54) is 9.25 Å². The van der Waals surface area contributed by atoms with Gasteiger partial charge in [-0.3, -0.25) is 18.9 Å². The largest absolute Gasteiger partial charge is 0.496 e. The zero-order valence-electron chi connectivity index (χ0n) is 25.2. The maximum Gasteiger partial charge on any atom is 0.419 e. The van der Waals surface area contributed by atoms with E-state index in [2.05, 4.69) is 10.00 Å². The highest BCUT2D eigenvalue weighted by atomic mass is 19.3. The van der Waals surface area contributed by atoms with Gasteiger partial charge in [-0.1, -0.05) is 0 Å². The van der Waals surface area contributed by atoms with Gasteiger partial charge in [-0.2, -0.15) is 5.10 Å². The summed E-state index contributed by atoms with van der Waals surface area (Å²) < 4.78 is 47.8. The van der Waals surface area contributed by atoms with Crippen LogP contribution in [-0.2, 0) is 27.4 Å². The molecule has 1 aliphatic carbocycles. The molecule has 9 nitrogen and oxygen atoms in total. The van der Waals surface area contributed by atoms with Crippen LogP contribution in [0.5, 0.6) is 5.75 Å². The van der Waals surface area contributed by atoms with Crippen LogP contribution in [0, 0.1) is 12.3 Å². The number of halogens is 2. The summed E-state index contributed by atoms with van der Waals surface area (Å²) in [6.07, 6.45) is 5.77. The first-order valence-corrected chi connectivity index (χ1v) is 14.4. The van der Waals surface area contributed by atoms with Crippen molar-refractivity contribution in [1.29, 1.82) is 0 Å². The van der Waals surface area contributed by atoms with Gasteiger partial charge in [-0.25, -0.2) is 13.6 Å². The molecule has 0 unspecified atom stereocenters. The topological polar surface area (TPSA) is 87.8 Å². The molecule has 2 aromatic heterocycles. The Labute approximate surface area is 244 Å². The summed E-state index contributed by atoms with van der Waals surface area (Å²) >= 11 is 0. The predicted molar refractivity (Wildman–Crippen MR) is 153 cm³/mol. The van der Waals surface area contributed by atoms with Crippen molar-refractivity contribution in [3.63, 3.8) is 0 Å². The highest BCUT2D eigenvalue weighted by Crippen LogP contribution is 2.60. The second-order valence-electron chi connectivity index (χ2n) is 12.7. The number of carbonyl (C=O) groups is 2. The molecule has 1 atom stereocenters. The zero-order valence-corrected chi connectivity index (χ0v) is 25.2.